The van der Waals surface area contributed by atoms with Crippen LogP contribution in [-0.2, 0) is 15.9 Å². The standard InChI is InChI=1S/C23H18FNO4S/c1-29-19-9-5-16(6-10-19)22-21(15-7-11-20(12-8-15)30(27)28)14-25(23(22)26)18-4-2-3-17(24)13-18/h2-13H,14H2,1H3,(H,27,28). The molecule has 3 aromatic carbocycles. The number of halogens is 1. The quantitative estimate of drug-likeness (QED) is 0.619. The highest BCUT2D eigenvalue weighted by molar-refractivity contribution is 7.79. The molecule has 3 aromatic rings. The summed E-state index contributed by atoms with van der Waals surface area (Å²) in [4.78, 5) is 15.2. The first-order chi connectivity index (χ1) is 14.5. The zero-order chi connectivity index (χ0) is 21.3. The normalized spacial score (nSPS) is 14.9. The smallest absolute Gasteiger partial charge is 0.259 e. The van der Waals surface area contributed by atoms with Crippen LogP contribution in [0.1, 0.15) is 11.1 Å². The Labute approximate surface area is 175 Å². The number of carbonyl (C=O) groups is 1. The van der Waals surface area contributed by atoms with Crippen molar-refractivity contribution in [2.45, 2.75) is 4.90 Å². The molecule has 0 radical (unpaired) electrons. The molecule has 1 atom stereocenters. The third kappa shape index (κ3) is 3.77. The van der Waals surface area contributed by atoms with Crippen molar-refractivity contribution in [3.63, 3.8) is 0 Å². The van der Waals surface area contributed by atoms with Crippen molar-refractivity contribution in [2.75, 3.05) is 18.6 Å². The summed E-state index contributed by atoms with van der Waals surface area (Å²) in [6.07, 6.45) is 0. The van der Waals surface area contributed by atoms with E-state index in [9.17, 15) is 17.9 Å². The highest BCUT2D eigenvalue weighted by Gasteiger charge is 2.33. The zero-order valence-electron chi connectivity index (χ0n) is 16.0. The molecule has 0 aromatic heterocycles. The molecule has 5 nitrogen and oxygen atoms in total. The molecule has 0 saturated carbocycles. The zero-order valence-corrected chi connectivity index (χ0v) is 16.9. The van der Waals surface area contributed by atoms with Gasteiger partial charge in [-0.05, 0) is 59.2 Å². The fraction of sp³-hybridized carbons (Fsp3) is 0.0870. The Morgan fingerprint density at radius 2 is 1.67 bits per heavy atom. The molecule has 0 aliphatic carbocycles. The molecule has 7 heteroatoms. The van der Waals surface area contributed by atoms with E-state index in [4.69, 9.17) is 4.74 Å². The van der Waals surface area contributed by atoms with E-state index in [2.05, 4.69) is 0 Å². The maximum absolute atomic E-state index is 13.8. The minimum atomic E-state index is -2.08. The molecule has 1 unspecified atom stereocenters. The lowest BCUT2D eigenvalue weighted by molar-refractivity contribution is -0.112. The summed E-state index contributed by atoms with van der Waals surface area (Å²) in [5.74, 6) is 0.00761. The Balaban J connectivity index is 1.81. The van der Waals surface area contributed by atoms with Gasteiger partial charge in [0.05, 0.1) is 24.1 Å². The number of ether oxygens (including phenoxy) is 1. The van der Waals surface area contributed by atoms with Crippen LogP contribution in [-0.4, -0.2) is 28.3 Å². The minimum absolute atomic E-state index is 0.240. The van der Waals surface area contributed by atoms with Gasteiger partial charge in [0.1, 0.15) is 11.6 Å². The monoisotopic (exact) mass is 423 g/mol. The van der Waals surface area contributed by atoms with Gasteiger partial charge in [-0.1, -0.05) is 30.3 Å². The van der Waals surface area contributed by atoms with Crippen LogP contribution in [0.4, 0.5) is 10.1 Å². The highest BCUT2D eigenvalue weighted by Crippen LogP contribution is 2.37. The van der Waals surface area contributed by atoms with Gasteiger partial charge in [-0.15, -0.1) is 0 Å². The van der Waals surface area contributed by atoms with Gasteiger partial charge in [0.25, 0.3) is 5.91 Å². The first-order valence-electron chi connectivity index (χ1n) is 9.14. The van der Waals surface area contributed by atoms with E-state index in [1.165, 1.54) is 17.0 Å². The largest absolute Gasteiger partial charge is 0.497 e. The van der Waals surface area contributed by atoms with E-state index in [-0.39, 0.29) is 17.3 Å². The van der Waals surface area contributed by atoms with E-state index in [1.54, 1.807) is 67.8 Å². The summed E-state index contributed by atoms with van der Waals surface area (Å²) < 4.78 is 39.5. The molecule has 152 valence electrons. The van der Waals surface area contributed by atoms with Crippen LogP contribution in [0.15, 0.2) is 77.7 Å². The van der Waals surface area contributed by atoms with E-state index in [1.807, 2.05) is 0 Å². The van der Waals surface area contributed by atoms with Crippen LogP contribution in [0.3, 0.4) is 0 Å². The van der Waals surface area contributed by atoms with Gasteiger partial charge in [-0.25, -0.2) is 8.60 Å². The van der Waals surface area contributed by atoms with Crippen LogP contribution in [0.25, 0.3) is 11.1 Å². The SMILES string of the molecule is COc1ccc(C2=C(c3ccc(S(=O)O)cc3)CN(c3cccc(F)c3)C2=O)cc1. The van der Waals surface area contributed by atoms with Crippen LogP contribution in [0, 0.1) is 5.82 Å². The summed E-state index contributed by atoms with van der Waals surface area (Å²) in [5, 5.41) is 0. The number of carbonyl (C=O) groups excluding carboxylic acids is 1. The van der Waals surface area contributed by atoms with E-state index >= 15 is 0 Å². The average Bonchev–Trinajstić information content (AvgIpc) is 3.11. The molecule has 1 heterocycles. The van der Waals surface area contributed by atoms with Gasteiger partial charge in [-0.2, -0.15) is 0 Å². The van der Waals surface area contributed by atoms with Crippen molar-refractivity contribution in [3.05, 3.63) is 89.7 Å². The van der Waals surface area contributed by atoms with Gasteiger partial charge in [0.15, 0.2) is 11.1 Å². The molecule has 0 bridgehead atoms. The third-order valence-corrected chi connectivity index (χ3v) is 5.66. The van der Waals surface area contributed by atoms with E-state index in [0.717, 1.165) is 11.1 Å². The van der Waals surface area contributed by atoms with Gasteiger partial charge in [0, 0.05) is 5.69 Å². The Bertz CT molecular complexity index is 1160. The van der Waals surface area contributed by atoms with E-state index in [0.29, 0.717) is 22.6 Å². The number of anilines is 1. The Kier molecular flexibility index (Phi) is 5.48. The molecule has 1 amide bonds. The Morgan fingerprint density at radius 3 is 2.27 bits per heavy atom. The number of hydrogen-bond donors (Lipinski definition) is 1. The molecule has 30 heavy (non-hydrogen) atoms. The summed E-state index contributed by atoms with van der Waals surface area (Å²) in [6, 6.07) is 19.6. The summed E-state index contributed by atoms with van der Waals surface area (Å²) in [6.45, 7) is 0.255. The minimum Gasteiger partial charge on any atom is -0.497 e. The van der Waals surface area contributed by atoms with Crippen LogP contribution in [0.5, 0.6) is 5.75 Å². The number of benzene rings is 3. The molecule has 0 fully saturated rings. The lowest BCUT2D eigenvalue weighted by atomic mass is 9.97. The Morgan fingerprint density at radius 1 is 1.00 bits per heavy atom. The number of nitrogens with zero attached hydrogens (tertiary/aromatic N) is 1. The third-order valence-electron chi connectivity index (χ3n) is 4.98. The summed E-state index contributed by atoms with van der Waals surface area (Å²) in [5.41, 5.74) is 3.19. The fourth-order valence-electron chi connectivity index (χ4n) is 3.49. The van der Waals surface area contributed by atoms with Crippen molar-refractivity contribution in [1.29, 1.82) is 0 Å². The van der Waals surface area contributed by atoms with E-state index < -0.39 is 16.9 Å². The average molecular weight is 423 g/mol. The van der Waals surface area contributed by atoms with Gasteiger partial charge in [-0.3, -0.25) is 4.79 Å². The summed E-state index contributed by atoms with van der Waals surface area (Å²) >= 11 is -2.08. The molecule has 0 saturated heterocycles. The first kappa shape index (κ1) is 20.0. The maximum Gasteiger partial charge on any atom is 0.259 e. The number of methoxy groups -OCH3 is 1. The molecule has 4 rings (SSSR count). The van der Waals surface area contributed by atoms with Crippen LogP contribution >= 0.6 is 0 Å². The van der Waals surface area contributed by atoms with Crippen molar-refractivity contribution >= 4 is 33.8 Å². The Hall–Kier alpha value is -3.29. The number of amides is 1. The van der Waals surface area contributed by atoms with Gasteiger partial charge in [0.2, 0.25) is 0 Å². The van der Waals surface area contributed by atoms with Gasteiger partial charge < -0.3 is 14.2 Å². The second-order valence-electron chi connectivity index (χ2n) is 6.73. The van der Waals surface area contributed by atoms with Gasteiger partial charge >= 0.3 is 0 Å². The molecule has 1 N–H and O–H groups in total. The molecular weight excluding hydrogens is 405 g/mol. The molecule has 1 aliphatic heterocycles. The lowest BCUT2D eigenvalue weighted by Gasteiger charge is -2.17. The molecule has 0 spiro atoms. The van der Waals surface area contributed by atoms with Crippen molar-refractivity contribution in [2.24, 2.45) is 0 Å². The van der Waals surface area contributed by atoms with Crippen molar-refractivity contribution in [1.82, 2.24) is 0 Å². The number of rotatable bonds is 5. The molecule has 1 aliphatic rings. The lowest BCUT2D eigenvalue weighted by Crippen LogP contribution is -2.26. The second kappa shape index (κ2) is 8.22. The van der Waals surface area contributed by atoms with Crippen LogP contribution in [0.2, 0.25) is 0 Å². The molecular formula is C23H18FNO4S. The fourth-order valence-corrected chi connectivity index (χ4v) is 3.86. The first-order valence-corrected chi connectivity index (χ1v) is 10.2. The second-order valence-corrected chi connectivity index (χ2v) is 7.70. The predicted molar refractivity (Wildman–Crippen MR) is 114 cm³/mol. The summed E-state index contributed by atoms with van der Waals surface area (Å²) in [7, 11) is 1.57. The predicted octanol–water partition coefficient (Wildman–Crippen LogP) is 4.37. The van der Waals surface area contributed by atoms with Crippen molar-refractivity contribution in [3.8, 4) is 5.75 Å². The highest BCUT2D eigenvalue weighted by atomic mass is 32.2. The number of hydrogen-bond acceptors (Lipinski definition) is 3. The van der Waals surface area contributed by atoms with Crippen molar-refractivity contribution < 1.29 is 22.7 Å². The van der Waals surface area contributed by atoms with Crippen LogP contribution < -0.4 is 9.64 Å². The topological polar surface area (TPSA) is 66.8 Å². The maximum atomic E-state index is 13.8.